The average molecular weight is 395 g/mol. The maximum absolute atomic E-state index is 12.8. The van der Waals surface area contributed by atoms with Gasteiger partial charge in [0.25, 0.3) is 6.01 Å². The Morgan fingerprint density at radius 3 is 2.86 bits per heavy atom. The highest BCUT2D eigenvalue weighted by Crippen LogP contribution is 2.31. The summed E-state index contributed by atoms with van der Waals surface area (Å²) in [7, 11) is 3.20. The number of rotatable bonds is 6. The minimum Gasteiger partial charge on any atom is -0.493 e. The number of anilines is 1. The van der Waals surface area contributed by atoms with Gasteiger partial charge in [0.05, 0.1) is 20.1 Å². The Morgan fingerprint density at radius 2 is 2.07 bits per heavy atom. The lowest BCUT2D eigenvalue weighted by atomic mass is 9.97. The second-order valence-electron chi connectivity index (χ2n) is 7.12. The summed E-state index contributed by atoms with van der Waals surface area (Å²) in [6, 6.07) is 13.9. The fourth-order valence-corrected chi connectivity index (χ4v) is 3.78. The van der Waals surface area contributed by atoms with E-state index in [4.69, 9.17) is 13.9 Å². The lowest BCUT2D eigenvalue weighted by Gasteiger charge is -2.30. The van der Waals surface area contributed by atoms with Crippen LogP contribution in [0.2, 0.25) is 0 Å². The fourth-order valence-electron chi connectivity index (χ4n) is 3.78. The number of nitrogens with one attached hydrogen (secondary N) is 1. The van der Waals surface area contributed by atoms with E-state index in [0.29, 0.717) is 30.6 Å². The Kier molecular flexibility index (Phi) is 5.55. The minimum absolute atomic E-state index is 0.0238. The Bertz CT molecular complexity index is 968. The van der Waals surface area contributed by atoms with E-state index in [1.165, 1.54) is 0 Å². The number of nitrogens with zero attached hydrogens (tertiary/aromatic N) is 2. The monoisotopic (exact) mass is 395 g/mol. The third kappa shape index (κ3) is 3.99. The predicted octanol–water partition coefficient (Wildman–Crippen LogP) is 3.38. The van der Waals surface area contributed by atoms with E-state index in [2.05, 4.69) is 15.2 Å². The molecule has 1 aliphatic rings. The van der Waals surface area contributed by atoms with Gasteiger partial charge in [-0.1, -0.05) is 24.3 Å². The Morgan fingerprint density at radius 1 is 1.21 bits per heavy atom. The predicted molar refractivity (Wildman–Crippen MR) is 110 cm³/mol. The highest BCUT2D eigenvalue weighted by atomic mass is 16.5. The first-order valence-corrected chi connectivity index (χ1v) is 9.77. The quantitative estimate of drug-likeness (QED) is 0.690. The molecule has 7 heteroatoms. The van der Waals surface area contributed by atoms with Crippen LogP contribution < -0.4 is 19.7 Å². The van der Waals surface area contributed by atoms with E-state index in [0.717, 1.165) is 36.0 Å². The molecule has 1 saturated heterocycles. The summed E-state index contributed by atoms with van der Waals surface area (Å²) in [5.41, 5.74) is 2.48. The second kappa shape index (κ2) is 8.43. The zero-order valence-corrected chi connectivity index (χ0v) is 16.7. The summed E-state index contributed by atoms with van der Waals surface area (Å²) in [5.74, 6) is 1.21. The van der Waals surface area contributed by atoms with Crippen molar-refractivity contribution >= 4 is 23.0 Å². The van der Waals surface area contributed by atoms with Crippen LogP contribution in [0, 0.1) is 5.92 Å². The highest BCUT2D eigenvalue weighted by Gasteiger charge is 2.28. The van der Waals surface area contributed by atoms with Crippen molar-refractivity contribution in [2.75, 3.05) is 32.2 Å². The van der Waals surface area contributed by atoms with Crippen molar-refractivity contribution in [1.29, 1.82) is 0 Å². The molecule has 1 atom stereocenters. The van der Waals surface area contributed by atoms with E-state index in [9.17, 15) is 4.79 Å². The zero-order chi connectivity index (χ0) is 20.2. The molecule has 1 N–H and O–H groups in total. The maximum atomic E-state index is 12.8. The third-order valence-electron chi connectivity index (χ3n) is 5.28. The molecule has 0 saturated carbocycles. The average Bonchev–Trinajstić information content (AvgIpc) is 3.21. The van der Waals surface area contributed by atoms with Crippen LogP contribution in [0.1, 0.15) is 18.4 Å². The standard InChI is InChI=1S/C22H25N3O4/c1-27-19-11-5-7-15(20(19)28-2)13-23-21(26)16-8-6-12-25(14-16)22-24-17-9-3-4-10-18(17)29-22/h3-5,7,9-11,16H,6,8,12-14H2,1-2H3,(H,23,26). The van der Waals surface area contributed by atoms with Crippen LogP contribution in [-0.4, -0.2) is 38.2 Å². The summed E-state index contributed by atoms with van der Waals surface area (Å²) in [5, 5.41) is 3.04. The van der Waals surface area contributed by atoms with Crippen molar-refractivity contribution in [3.8, 4) is 11.5 Å². The first kappa shape index (κ1) is 19.1. The SMILES string of the molecule is COc1cccc(CNC(=O)C2CCCN(c3nc4ccccc4o3)C2)c1OC. The van der Waals surface area contributed by atoms with Gasteiger partial charge in [-0.2, -0.15) is 4.98 Å². The van der Waals surface area contributed by atoms with E-state index >= 15 is 0 Å². The molecule has 7 nitrogen and oxygen atoms in total. The van der Waals surface area contributed by atoms with Gasteiger partial charge in [-0.15, -0.1) is 0 Å². The normalized spacial score (nSPS) is 16.6. The van der Waals surface area contributed by atoms with Crippen LogP contribution >= 0.6 is 0 Å². The molecule has 1 unspecified atom stereocenters. The molecule has 3 aromatic rings. The second-order valence-corrected chi connectivity index (χ2v) is 7.12. The fraction of sp³-hybridized carbons (Fsp3) is 0.364. The maximum Gasteiger partial charge on any atom is 0.298 e. The number of ether oxygens (including phenoxy) is 2. The summed E-state index contributed by atoms with van der Waals surface area (Å²) in [6.45, 7) is 1.81. The zero-order valence-electron chi connectivity index (χ0n) is 16.7. The van der Waals surface area contributed by atoms with Crippen molar-refractivity contribution in [3.05, 3.63) is 48.0 Å². The van der Waals surface area contributed by atoms with Gasteiger partial charge in [0.15, 0.2) is 17.1 Å². The number of carbonyl (C=O) groups excluding carboxylic acids is 1. The summed E-state index contributed by atoms with van der Waals surface area (Å²) < 4.78 is 16.6. The Hall–Kier alpha value is -3.22. The summed E-state index contributed by atoms with van der Waals surface area (Å²) in [4.78, 5) is 19.4. The van der Waals surface area contributed by atoms with Crippen LogP contribution in [0.5, 0.6) is 11.5 Å². The van der Waals surface area contributed by atoms with Crippen LogP contribution in [0.3, 0.4) is 0 Å². The van der Waals surface area contributed by atoms with Crippen LogP contribution in [0.4, 0.5) is 6.01 Å². The number of piperidine rings is 1. The number of para-hydroxylation sites is 3. The van der Waals surface area contributed by atoms with Gasteiger partial charge >= 0.3 is 0 Å². The molecule has 29 heavy (non-hydrogen) atoms. The molecule has 152 valence electrons. The largest absolute Gasteiger partial charge is 0.493 e. The van der Waals surface area contributed by atoms with Crippen molar-refractivity contribution in [2.45, 2.75) is 19.4 Å². The number of methoxy groups -OCH3 is 2. The molecular weight excluding hydrogens is 370 g/mol. The molecule has 1 amide bonds. The number of carbonyl (C=O) groups is 1. The van der Waals surface area contributed by atoms with Gasteiger partial charge in [0, 0.05) is 25.2 Å². The Labute approximate surface area is 169 Å². The minimum atomic E-state index is -0.115. The number of aromatic nitrogens is 1. The van der Waals surface area contributed by atoms with Gasteiger partial charge in [0.2, 0.25) is 5.91 Å². The topological polar surface area (TPSA) is 76.8 Å². The smallest absolute Gasteiger partial charge is 0.298 e. The van der Waals surface area contributed by atoms with Crippen molar-refractivity contribution in [3.63, 3.8) is 0 Å². The molecule has 0 radical (unpaired) electrons. The molecule has 1 aliphatic heterocycles. The number of fused-ring (bicyclic) bond motifs is 1. The third-order valence-corrected chi connectivity index (χ3v) is 5.28. The van der Waals surface area contributed by atoms with Gasteiger partial charge in [-0.05, 0) is 31.0 Å². The lowest BCUT2D eigenvalue weighted by molar-refractivity contribution is -0.125. The Balaban J connectivity index is 1.41. The van der Waals surface area contributed by atoms with E-state index in [1.54, 1.807) is 14.2 Å². The van der Waals surface area contributed by atoms with Crippen molar-refractivity contribution < 1.29 is 18.7 Å². The number of hydrogen-bond acceptors (Lipinski definition) is 6. The molecule has 2 heterocycles. The molecule has 0 bridgehead atoms. The molecular formula is C22H25N3O4. The van der Waals surface area contributed by atoms with E-state index < -0.39 is 0 Å². The summed E-state index contributed by atoms with van der Waals surface area (Å²) >= 11 is 0. The number of amides is 1. The first-order valence-electron chi connectivity index (χ1n) is 9.77. The lowest BCUT2D eigenvalue weighted by Crippen LogP contribution is -2.43. The van der Waals surface area contributed by atoms with Crippen molar-refractivity contribution in [1.82, 2.24) is 10.3 Å². The number of hydrogen-bond donors (Lipinski definition) is 1. The van der Waals surface area contributed by atoms with Gasteiger partial charge in [0.1, 0.15) is 5.52 Å². The first-order chi connectivity index (χ1) is 14.2. The number of benzene rings is 2. The summed E-state index contributed by atoms with van der Waals surface area (Å²) in [6.07, 6.45) is 1.76. The molecule has 0 spiro atoms. The molecule has 4 rings (SSSR count). The van der Waals surface area contributed by atoms with Crippen molar-refractivity contribution in [2.24, 2.45) is 5.92 Å². The van der Waals surface area contributed by atoms with Gasteiger partial charge in [-0.3, -0.25) is 4.79 Å². The molecule has 0 aliphatic carbocycles. The van der Waals surface area contributed by atoms with Crippen LogP contribution in [0.15, 0.2) is 46.9 Å². The van der Waals surface area contributed by atoms with E-state index in [-0.39, 0.29) is 11.8 Å². The molecule has 2 aromatic carbocycles. The van der Waals surface area contributed by atoms with Gasteiger partial charge < -0.3 is 24.1 Å². The highest BCUT2D eigenvalue weighted by molar-refractivity contribution is 5.80. The number of oxazole rings is 1. The van der Waals surface area contributed by atoms with Crippen LogP contribution in [0.25, 0.3) is 11.1 Å². The van der Waals surface area contributed by atoms with E-state index in [1.807, 2.05) is 42.5 Å². The van der Waals surface area contributed by atoms with Gasteiger partial charge in [-0.25, -0.2) is 0 Å². The molecule has 1 aromatic heterocycles. The van der Waals surface area contributed by atoms with Crippen LogP contribution in [-0.2, 0) is 11.3 Å². The molecule has 1 fully saturated rings.